The minimum atomic E-state index is -0.150. The van der Waals surface area contributed by atoms with Gasteiger partial charge in [0.2, 0.25) is 0 Å². The lowest BCUT2D eigenvalue weighted by Crippen LogP contribution is -2.27. The lowest BCUT2D eigenvalue weighted by Gasteiger charge is -2.14. The molecule has 1 atom stereocenters. The quantitative estimate of drug-likeness (QED) is 0.895. The van der Waals surface area contributed by atoms with Crippen molar-refractivity contribution in [3.8, 4) is 0 Å². The summed E-state index contributed by atoms with van der Waals surface area (Å²) in [5, 5.41) is 6.85. The minimum Gasteiger partial charge on any atom is -0.361 e. The van der Waals surface area contributed by atoms with Crippen LogP contribution in [0.3, 0.4) is 0 Å². The highest BCUT2D eigenvalue weighted by atomic mass is 16.5. The molecule has 1 aromatic heterocycles. The predicted molar refractivity (Wildman–Crippen MR) is 76.2 cm³/mol. The molecule has 0 fully saturated rings. The molecule has 2 aromatic rings. The van der Waals surface area contributed by atoms with E-state index in [0.29, 0.717) is 12.1 Å². The van der Waals surface area contributed by atoms with Gasteiger partial charge in [-0.15, -0.1) is 0 Å². The van der Waals surface area contributed by atoms with Gasteiger partial charge in [0, 0.05) is 17.7 Å². The van der Waals surface area contributed by atoms with Crippen LogP contribution in [-0.2, 0) is 6.54 Å². The third-order valence-corrected chi connectivity index (χ3v) is 3.32. The maximum Gasteiger partial charge on any atom is 0.251 e. The normalized spacial score (nSPS) is 12.2. The van der Waals surface area contributed by atoms with Gasteiger partial charge in [-0.3, -0.25) is 4.79 Å². The summed E-state index contributed by atoms with van der Waals surface area (Å²) in [5.74, 6) is 0.606. The second-order valence-corrected chi connectivity index (χ2v) is 4.83. The Balaban J connectivity index is 2.11. The highest BCUT2D eigenvalue weighted by Gasteiger charge is 2.18. The fourth-order valence-electron chi connectivity index (χ4n) is 2.25. The van der Waals surface area contributed by atoms with E-state index in [1.165, 1.54) is 0 Å². The van der Waals surface area contributed by atoms with Gasteiger partial charge in [-0.2, -0.15) is 0 Å². The van der Waals surface area contributed by atoms with Gasteiger partial charge in [0.25, 0.3) is 5.91 Å². The zero-order valence-electron chi connectivity index (χ0n) is 11.9. The van der Waals surface area contributed by atoms with E-state index in [2.05, 4.69) is 10.5 Å². The molecule has 1 amide bonds. The second kappa shape index (κ2) is 5.88. The predicted octanol–water partition coefficient (Wildman–Crippen LogP) is 2.24. The number of aryl methyl sites for hydroxylation is 2. The Morgan fingerprint density at radius 2 is 2.00 bits per heavy atom. The largest absolute Gasteiger partial charge is 0.361 e. The average molecular weight is 273 g/mol. The topological polar surface area (TPSA) is 81.2 Å². The molecule has 2 rings (SSSR count). The Labute approximate surface area is 118 Å². The van der Waals surface area contributed by atoms with Crippen LogP contribution in [0.15, 0.2) is 28.8 Å². The van der Waals surface area contributed by atoms with Crippen molar-refractivity contribution >= 4 is 5.91 Å². The molecule has 0 saturated heterocycles. The summed E-state index contributed by atoms with van der Waals surface area (Å²) in [5.41, 5.74) is 8.88. The van der Waals surface area contributed by atoms with Crippen LogP contribution >= 0.6 is 0 Å². The molecule has 3 N–H and O–H groups in total. The molecule has 1 heterocycles. The average Bonchev–Trinajstić information content (AvgIpc) is 2.78. The summed E-state index contributed by atoms with van der Waals surface area (Å²) in [7, 11) is 0. The first kappa shape index (κ1) is 14.3. The summed E-state index contributed by atoms with van der Waals surface area (Å²) in [4.78, 5) is 12.2. The fraction of sp³-hybridized carbons (Fsp3) is 0.333. The Morgan fingerprint density at radius 1 is 1.35 bits per heavy atom. The van der Waals surface area contributed by atoms with Crippen LogP contribution in [0.1, 0.15) is 45.9 Å². The third kappa shape index (κ3) is 2.88. The first-order valence-electron chi connectivity index (χ1n) is 6.55. The lowest BCUT2D eigenvalue weighted by atomic mass is 10.1. The number of carbonyl (C=O) groups excluding carboxylic acids is 1. The van der Waals surface area contributed by atoms with Gasteiger partial charge in [0.15, 0.2) is 0 Å². The Hall–Kier alpha value is -2.14. The standard InChI is InChI=1S/C15H19N3O2/c1-9(14-10(2)18-20-11(14)3)17-15(19)13-6-4-12(8-16)5-7-13/h4-7,9H,8,16H2,1-3H3,(H,17,19). The summed E-state index contributed by atoms with van der Waals surface area (Å²) in [6.45, 7) is 6.09. The van der Waals surface area contributed by atoms with E-state index in [4.69, 9.17) is 10.3 Å². The first-order chi connectivity index (χ1) is 9.52. The summed E-state index contributed by atoms with van der Waals surface area (Å²) >= 11 is 0. The zero-order chi connectivity index (χ0) is 14.7. The van der Waals surface area contributed by atoms with Gasteiger partial charge in [0.05, 0.1) is 11.7 Å². The number of hydrogen-bond acceptors (Lipinski definition) is 4. The molecule has 0 spiro atoms. The summed E-state index contributed by atoms with van der Waals surface area (Å²) in [6.07, 6.45) is 0. The molecule has 0 bridgehead atoms. The Bertz CT molecular complexity index is 583. The molecule has 1 unspecified atom stereocenters. The van der Waals surface area contributed by atoms with Crippen molar-refractivity contribution < 1.29 is 9.32 Å². The van der Waals surface area contributed by atoms with Crippen LogP contribution in [-0.4, -0.2) is 11.1 Å². The Morgan fingerprint density at radius 3 is 2.50 bits per heavy atom. The molecule has 0 aliphatic rings. The maximum atomic E-state index is 12.2. The van der Waals surface area contributed by atoms with Crippen LogP contribution in [0.4, 0.5) is 0 Å². The highest BCUT2D eigenvalue weighted by Crippen LogP contribution is 2.21. The van der Waals surface area contributed by atoms with Crippen molar-refractivity contribution in [2.24, 2.45) is 5.73 Å². The molecule has 0 saturated carbocycles. The van der Waals surface area contributed by atoms with Crippen molar-refractivity contribution in [2.45, 2.75) is 33.4 Å². The highest BCUT2D eigenvalue weighted by molar-refractivity contribution is 5.94. The van der Waals surface area contributed by atoms with E-state index >= 15 is 0 Å². The molecule has 0 radical (unpaired) electrons. The number of nitrogens with zero attached hydrogens (tertiary/aromatic N) is 1. The molecule has 0 aliphatic carbocycles. The molecular formula is C15H19N3O2. The zero-order valence-corrected chi connectivity index (χ0v) is 11.9. The number of nitrogens with two attached hydrogens (primary N) is 1. The van der Waals surface area contributed by atoms with Crippen LogP contribution in [0.25, 0.3) is 0 Å². The minimum absolute atomic E-state index is 0.124. The number of aromatic nitrogens is 1. The maximum absolute atomic E-state index is 12.2. The van der Waals surface area contributed by atoms with Crippen LogP contribution in [0, 0.1) is 13.8 Å². The molecular weight excluding hydrogens is 254 g/mol. The van der Waals surface area contributed by atoms with Crippen molar-refractivity contribution in [3.05, 3.63) is 52.4 Å². The summed E-state index contributed by atoms with van der Waals surface area (Å²) < 4.78 is 5.12. The van der Waals surface area contributed by atoms with Crippen molar-refractivity contribution in [1.29, 1.82) is 0 Å². The van der Waals surface area contributed by atoms with Gasteiger partial charge in [-0.05, 0) is 38.5 Å². The fourth-order valence-corrected chi connectivity index (χ4v) is 2.25. The van der Waals surface area contributed by atoms with E-state index in [0.717, 1.165) is 22.6 Å². The monoisotopic (exact) mass is 273 g/mol. The number of carbonyl (C=O) groups is 1. The summed E-state index contributed by atoms with van der Waals surface area (Å²) in [6, 6.07) is 7.11. The van der Waals surface area contributed by atoms with Crippen molar-refractivity contribution in [1.82, 2.24) is 10.5 Å². The smallest absolute Gasteiger partial charge is 0.251 e. The van der Waals surface area contributed by atoms with Gasteiger partial charge >= 0.3 is 0 Å². The lowest BCUT2D eigenvalue weighted by molar-refractivity contribution is 0.0939. The molecule has 20 heavy (non-hydrogen) atoms. The van der Waals surface area contributed by atoms with Gasteiger partial charge in [0.1, 0.15) is 5.76 Å². The van der Waals surface area contributed by atoms with Crippen molar-refractivity contribution in [3.63, 3.8) is 0 Å². The van der Waals surface area contributed by atoms with Crippen LogP contribution in [0.2, 0.25) is 0 Å². The van der Waals surface area contributed by atoms with Gasteiger partial charge < -0.3 is 15.6 Å². The first-order valence-corrected chi connectivity index (χ1v) is 6.55. The van der Waals surface area contributed by atoms with Crippen LogP contribution in [0.5, 0.6) is 0 Å². The van der Waals surface area contributed by atoms with E-state index in [1.54, 1.807) is 12.1 Å². The van der Waals surface area contributed by atoms with E-state index < -0.39 is 0 Å². The van der Waals surface area contributed by atoms with Crippen LogP contribution < -0.4 is 11.1 Å². The van der Waals surface area contributed by atoms with Gasteiger partial charge in [-0.1, -0.05) is 17.3 Å². The molecule has 1 aromatic carbocycles. The number of benzene rings is 1. The molecule has 5 heteroatoms. The molecule has 106 valence electrons. The Kier molecular flexibility index (Phi) is 4.20. The van der Waals surface area contributed by atoms with Gasteiger partial charge in [-0.25, -0.2) is 0 Å². The molecule has 0 aliphatic heterocycles. The number of nitrogens with one attached hydrogen (secondary N) is 1. The van der Waals surface area contributed by atoms with E-state index in [9.17, 15) is 4.79 Å². The van der Waals surface area contributed by atoms with Crippen molar-refractivity contribution in [2.75, 3.05) is 0 Å². The number of rotatable bonds is 4. The second-order valence-electron chi connectivity index (χ2n) is 4.83. The third-order valence-electron chi connectivity index (χ3n) is 3.32. The number of hydrogen-bond donors (Lipinski definition) is 2. The van der Waals surface area contributed by atoms with E-state index in [-0.39, 0.29) is 11.9 Å². The number of amides is 1. The molecule has 5 nitrogen and oxygen atoms in total. The van der Waals surface area contributed by atoms with E-state index in [1.807, 2.05) is 32.9 Å². The SMILES string of the molecule is Cc1noc(C)c1C(C)NC(=O)c1ccc(CN)cc1.